The minimum atomic E-state index is -6.00. The van der Waals surface area contributed by atoms with Crippen molar-refractivity contribution in [1.29, 1.82) is 0 Å². The van der Waals surface area contributed by atoms with Crippen molar-refractivity contribution in [3.05, 3.63) is 206 Å². The van der Waals surface area contributed by atoms with E-state index in [0.29, 0.717) is 0 Å². The van der Waals surface area contributed by atoms with Crippen molar-refractivity contribution in [3.63, 3.8) is 0 Å². The predicted octanol–water partition coefficient (Wildman–Crippen LogP) is 10.9. The molecule has 0 nitrogen and oxygen atoms in total. The molecule has 0 saturated carbocycles. The molecule has 6 aromatic rings. The summed E-state index contributed by atoms with van der Waals surface area (Å²) in [5, 5.41) is 8.39. The topological polar surface area (TPSA) is 0 Å². The molecule has 52 heavy (non-hydrogen) atoms. The molecule has 269 valence electrons. The molecule has 8 heteroatoms. The Kier molecular flexibility index (Phi) is 19.9. The van der Waals surface area contributed by atoms with Gasteiger partial charge in [0.15, 0.2) is 0 Å². The summed E-state index contributed by atoms with van der Waals surface area (Å²) in [5.74, 6) is 0. The van der Waals surface area contributed by atoms with Crippen molar-refractivity contribution in [2.75, 3.05) is 0 Å². The van der Waals surface area contributed by atoms with Crippen molar-refractivity contribution in [3.8, 4) is 0 Å². The van der Waals surface area contributed by atoms with Crippen molar-refractivity contribution >= 4 is 54.9 Å². The van der Waals surface area contributed by atoms with Gasteiger partial charge in [-0.3, -0.25) is 0 Å². The Hall–Kier alpha value is -3.91. The van der Waals surface area contributed by atoms with E-state index in [2.05, 4.69) is 206 Å². The van der Waals surface area contributed by atoms with E-state index >= 15 is 0 Å². The first-order valence-electron chi connectivity index (χ1n) is 17.0. The number of allylic oxidation sites excluding steroid dienone is 4. The number of halogens is 4. The molecule has 0 aliphatic heterocycles. The zero-order chi connectivity index (χ0) is 36.0. The van der Waals surface area contributed by atoms with E-state index in [1.807, 2.05) is 0 Å². The minimum Gasteiger partial charge on any atom is -0.418 e. The minimum absolute atomic E-state index is 0. The fourth-order valence-electron chi connectivity index (χ4n) is 5.21. The normalized spacial score (nSPS) is 13.2. The summed E-state index contributed by atoms with van der Waals surface area (Å²) < 4.78 is 39.0. The Labute approximate surface area is 322 Å². The van der Waals surface area contributed by atoms with Crippen LogP contribution in [0, 0.1) is 0 Å². The second-order valence-corrected chi connectivity index (χ2v) is 15.7. The Morgan fingerprint density at radius 3 is 0.558 bits per heavy atom. The van der Waals surface area contributed by atoms with Crippen molar-refractivity contribution < 1.29 is 37.4 Å². The molecule has 1 aliphatic carbocycles. The van der Waals surface area contributed by atoms with Crippen LogP contribution in [0.5, 0.6) is 0 Å². The van der Waals surface area contributed by atoms with E-state index in [1.165, 1.54) is 57.5 Å². The van der Waals surface area contributed by atoms with E-state index < -0.39 is 23.1 Å². The quantitative estimate of drug-likeness (QED) is 0.0676. The van der Waals surface area contributed by atoms with Crippen LogP contribution < -0.4 is 31.8 Å². The van der Waals surface area contributed by atoms with Crippen LogP contribution in [0.4, 0.5) is 17.3 Å². The van der Waals surface area contributed by atoms with Crippen LogP contribution in [-0.4, -0.2) is 7.25 Å². The monoisotopic (exact) mass is 912 g/mol. The third-order valence-electron chi connectivity index (χ3n) is 7.42. The summed E-state index contributed by atoms with van der Waals surface area (Å²) in [7, 11) is -6.89. The molecular formula is C44H42BF4IrP2-. The molecule has 0 aromatic heterocycles. The molecule has 1 radical (unpaired) electrons. The van der Waals surface area contributed by atoms with E-state index in [4.69, 9.17) is 0 Å². The molecule has 0 fully saturated rings. The zero-order valence-electron chi connectivity index (χ0n) is 28.8. The fourth-order valence-corrected chi connectivity index (χ4v) is 9.82. The van der Waals surface area contributed by atoms with Gasteiger partial charge in [0.1, 0.15) is 0 Å². The second-order valence-electron chi connectivity index (χ2n) is 11.3. The van der Waals surface area contributed by atoms with Crippen molar-refractivity contribution in [2.24, 2.45) is 0 Å². The van der Waals surface area contributed by atoms with Crippen LogP contribution in [0.3, 0.4) is 0 Å². The first kappa shape index (κ1) is 42.5. The van der Waals surface area contributed by atoms with Crippen LogP contribution in [-0.2, 0) is 20.1 Å². The van der Waals surface area contributed by atoms with Gasteiger partial charge in [0.05, 0.1) is 0 Å². The SMILES string of the molecule is C1=C\CC/C=C\CC/1.F[B-](F)(F)F.[Ir].c1ccc(P(c2ccccc2)c2ccccc2)cc1.c1ccc(P(c2ccccc2)c2ccccc2)cc1. The summed E-state index contributed by atoms with van der Waals surface area (Å²) >= 11 is 0. The maximum Gasteiger partial charge on any atom is 0.673 e. The molecule has 7 rings (SSSR count). The molecule has 0 N–H and O–H groups in total. The first-order chi connectivity index (χ1) is 24.9. The summed E-state index contributed by atoms with van der Waals surface area (Å²) in [6, 6.07) is 64.7. The molecule has 0 heterocycles. The molecule has 6 aromatic carbocycles. The van der Waals surface area contributed by atoms with Gasteiger partial charge in [0.25, 0.3) is 0 Å². The van der Waals surface area contributed by atoms with Crippen LogP contribution in [0.1, 0.15) is 25.7 Å². The van der Waals surface area contributed by atoms with Crippen LogP contribution in [0.2, 0.25) is 0 Å². The van der Waals surface area contributed by atoms with Crippen molar-refractivity contribution in [1.82, 2.24) is 0 Å². The van der Waals surface area contributed by atoms with Gasteiger partial charge in [-0.2, -0.15) is 0 Å². The Balaban J connectivity index is 0.000000208. The predicted molar refractivity (Wildman–Crippen MR) is 217 cm³/mol. The second kappa shape index (κ2) is 24.4. The molecular weight excluding hydrogens is 869 g/mol. The maximum atomic E-state index is 9.75. The van der Waals surface area contributed by atoms with Gasteiger partial charge in [-0.05, 0) is 73.4 Å². The fraction of sp³-hybridized carbons (Fsp3) is 0.0909. The van der Waals surface area contributed by atoms with Gasteiger partial charge in [0, 0.05) is 20.1 Å². The standard InChI is InChI=1S/2C18H15P.C8H12.BF4.Ir/c2*1-4-10-16(11-5-1)19(17-12-6-2-7-13-17)18-14-8-3-9-15-18;1-2-4-6-8-7-5-3-1;2-1(3,4)5;/h2*1-15H;1-2,7-8H,3-6H2;;/q;;;-1;/b;;2-1-,8-7-;;. The van der Waals surface area contributed by atoms with E-state index in [0.717, 1.165) is 0 Å². The Bertz CT molecular complexity index is 1490. The number of rotatable bonds is 6. The van der Waals surface area contributed by atoms with Gasteiger partial charge >= 0.3 is 7.25 Å². The molecule has 0 bridgehead atoms. The van der Waals surface area contributed by atoms with Crippen LogP contribution >= 0.6 is 15.8 Å². The molecule has 0 spiro atoms. The molecule has 0 atom stereocenters. The molecule has 0 saturated heterocycles. The summed E-state index contributed by atoms with van der Waals surface area (Å²) in [4.78, 5) is 0. The maximum absolute atomic E-state index is 9.75. The average Bonchev–Trinajstić information content (AvgIpc) is 3.14. The number of hydrogen-bond donors (Lipinski definition) is 0. The van der Waals surface area contributed by atoms with E-state index in [9.17, 15) is 17.3 Å². The first-order valence-corrected chi connectivity index (χ1v) is 19.7. The van der Waals surface area contributed by atoms with Gasteiger partial charge in [-0.1, -0.05) is 206 Å². The van der Waals surface area contributed by atoms with E-state index in [1.54, 1.807) is 0 Å². The summed E-state index contributed by atoms with van der Waals surface area (Å²) in [6.45, 7) is 0. The van der Waals surface area contributed by atoms with Crippen LogP contribution in [0.15, 0.2) is 206 Å². The smallest absolute Gasteiger partial charge is 0.418 e. The van der Waals surface area contributed by atoms with Gasteiger partial charge < -0.3 is 17.3 Å². The number of benzene rings is 6. The third-order valence-corrected chi connectivity index (χ3v) is 12.3. The van der Waals surface area contributed by atoms with Gasteiger partial charge in [0.2, 0.25) is 0 Å². The van der Waals surface area contributed by atoms with Gasteiger partial charge in [-0.25, -0.2) is 0 Å². The summed E-state index contributed by atoms with van der Waals surface area (Å²) in [6.07, 6.45) is 14.0. The Morgan fingerprint density at radius 2 is 0.423 bits per heavy atom. The van der Waals surface area contributed by atoms with Crippen LogP contribution in [0.25, 0.3) is 0 Å². The Morgan fingerprint density at radius 1 is 0.288 bits per heavy atom. The number of hydrogen-bond acceptors (Lipinski definition) is 0. The largest absolute Gasteiger partial charge is 0.673 e. The zero-order valence-corrected chi connectivity index (χ0v) is 33.0. The third kappa shape index (κ3) is 16.2. The molecule has 1 aliphatic rings. The summed E-state index contributed by atoms with van der Waals surface area (Å²) in [5.41, 5.74) is 0. The van der Waals surface area contributed by atoms with Gasteiger partial charge in [-0.15, -0.1) is 0 Å². The molecule has 0 amide bonds. The van der Waals surface area contributed by atoms with Crippen molar-refractivity contribution in [2.45, 2.75) is 25.7 Å². The average molecular weight is 912 g/mol. The molecule has 0 unspecified atom stereocenters. The van der Waals surface area contributed by atoms with E-state index in [-0.39, 0.29) is 20.1 Å².